The van der Waals surface area contributed by atoms with E-state index in [1.54, 1.807) is 0 Å². The summed E-state index contributed by atoms with van der Waals surface area (Å²) < 4.78 is 4.67. The Morgan fingerprint density at radius 3 is 1.09 bits per heavy atom. The highest BCUT2D eigenvalue weighted by atomic mass is 16.1. The zero-order valence-electron chi connectivity index (χ0n) is 27.8. The zero-order chi connectivity index (χ0) is 31.2. The fourth-order valence-corrected chi connectivity index (χ4v) is 7.21. The van der Waals surface area contributed by atoms with Crippen molar-refractivity contribution in [2.45, 2.75) is 130 Å². The van der Waals surface area contributed by atoms with E-state index in [1.165, 1.54) is 62.5 Å². The van der Waals surface area contributed by atoms with Crippen LogP contribution in [0.25, 0.3) is 43.6 Å². The molecular weight excluding hydrogens is 540 g/mol. The van der Waals surface area contributed by atoms with Crippen LogP contribution in [0.2, 0.25) is 0 Å². The highest BCUT2D eigenvalue weighted by Crippen LogP contribution is 2.32. The highest BCUT2D eigenvalue weighted by Gasteiger charge is 2.21. The second-order valence-corrected chi connectivity index (χ2v) is 15.3. The number of nitrogens with zero attached hydrogens (tertiary/aromatic N) is 2. The Hall–Kier alpha value is -3.40. The highest BCUT2D eigenvalue weighted by molar-refractivity contribution is 6.04. The molecule has 0 spiro atoms. The molecule has 7 rings (SSSR count). The number of pyridine rings is 2. The molecule has 4 nitrogen and oxygen atoms in total. The summed E-state index contributed by atoms with van der Waals surface area (Å²) in [5.74, 6) is 0. The Kier molecular flexibility index (Phi) is 8.24. The smallest absolute Gasteiger partial charge is 0.197 e. The van der Waals surface area contributed by atoms with Crippen LogP contribution in [0.3, 0.4) is 0 Å². The van der Waals surface area contributed by atoms with Gasteiger partial charge in [0.15, 0.2) is 10.9 Å². The van der Waals surface area contributed by atoms with E-state index in [9.17, 15) is 9.59 Å². The van der Waals surface area contributed by atoms with Crippen molar-refractivity contribution in [3.8, 4) is 0 Å². The number of hydrogen-bond donors (Lipinski definition) is 0. The van der Waals surface area contributed by atoms with Crippen molar-refractivity contribution in [2.75, 3.05) is 0 Å². The molecule has 0 aliphatic carbocycles. The van der Waals surface area contributed by atoms with Gasteiger partial charge in [0.1, 0.15) is 0 Å². The van der Waals surface area contributed by atoms with Crippen LogP contribution in [-0.2, 0) is 23.9 Å². The first kappa shape index (κ1) is 30.6. The van der Waals surface area contributed by atoms with Gasteiger partial charge in [-0.25, -0.2) is 0 Å². The molecule has 0 N–H and O–H groups in total. The van der Waals surface area contributed by atoms with E-state index in [4.69, 9.17) is 0 Å². The molecule has 0 fully saturated rings. The van der Waals surface area contributed by atoms with Crippen LogP contribution in [0.5, 0.6) is 0 Å². The predicted molar refractivity (Wildman–Crippen MR) is 189 cm³/mol. The Labute approximate surface area is 262 Å². The van der Waals surface area contributed by atoms with Crippen LogP contribution in [0.4, 0.5) is 0 Å². The molecule has 5 aromatic rings. The lowest BCUT2D eigenvalue weighted by atomic mass is 9.86. The number of benzene rings is 3. The van der Waals surface area contributed by atoms with E-state index < -0.39 is 0 Å². The fraction of sp³-hybridized carbons (Fsp3) is 0.500. The molecule has 0 unspecified atom stereocenters. The van der Waals surface area contributed by atoms with Gasteiger partial charge < -0.3 is 9.13 Å². The molecule has 44 heavy (non-hydrogen) atoms. The Morgan fingerprint density at radius 2 is 0.750 bits per heavy atom. The van der Waals surface area contributed by atoms with Crippen molar-refractivity contribution in [2.24, 2.45) is 0 Å². The second-order valence-electron chi connectivity index (χ2n) is 15.3. The summed E-state index contributed by atoms with van der Waals surface area (Å²) in [6.45, 7) is 14.9. The summed E-state index contributed by atoms with van der Waals surface area (Å²) >= 11 is 0. The van der Waals surface area contributed by atoms with E-state index in [0.717, 1.165) is 69.5 Å². The Balaban J connectivity index is 1.70. The molecule has 0 radical (unpaired) electrons. The molecule has 4 heteroatoms. The second kappa shape index (κ2) is 11.8. The third-order valence-corrected chi connectivity index (χ3v) is 9.99. The van der Waals surface area contributed by atoms with Gasteiger partial charge in [0.2, 0.25) is 0 Å². The first-order chi connectivity index (χ1) is 20.9. The quantitative estimate of drug-likeness (QED) is 0.168. The molecule has 2 aliphatic rings. The third kappa shape index (κ3) is 5.73. The fourth-order valence-electron chi connectivity index (χ4n) is 7.21. The van der Waals surface area contributed by atoms with E-state index >= 15 is 0 Å². The Bertz CT molecular complexity index is 1830. The Morgan fingerprint density at radius 1 is 0.432 bits per heavy atom. The van der Waals surface area contributed by atoms with Crippen LogP contribution in [-0.4, -0.2) is 9.13 Å². The normalized spacial score (nSPS) is 16.4. The number of aryl methyl sites for hydroxylation is 2. The van der Waals surface area contributed by atoms with Gasteiger partial charge in [0.05, 0.1) is 22.1 Å². The van der Waals surface area contributed by atoms with E-state index in [-0.39, 0.29) is 21.7 Å². The maximum absolute atomic E-state index is 14.4. The van der Waals surface area contributed by atoms with Crippen molar-refractivity contribution in [3.63, 3.8) is 0 Å². The minimum atomic E-state index is -0.0555. The minimum Gasteiger partial charge on any atom is -0.340 e. The number of fused-ring (bicyclic) bond motifs is 13. The maximum atomic E-state index is 14.4. The van der Waals surface area contributed by atoms with E-state index in [1.807, 2.05) is 12.1 Å². The molecule has 3 aromatic carbocycles. The van der Waals surface area contributed by atoms with Gasteiger partial charge in [0.25, 0.3) is 0 Å². The maximum Gasteiger partial charge on any atom is 0.197 e. The number of rotatable bonds is 0. The van der Waals surface area contributed by atoms with Gasteiger partial charge in [0, 0.05) is 34.6 Å². The lowest BCUT2D eigenvalue weighted by molar-refractivity contribution is 0.529. The number of aromatic nitrogens is 2. The molecule has 2 aromatic heterocycles. The molecule has 0 saturated carbocycles. The van der Waals surface area contributed by atoms with Crippen molar-refractivity contribution in [1.82, 2.24) is 9.13 Å². The topological polar surface area (TPSA) is 44.0 Å². The van der Waals surface area contributed by atoms with Crippen LogP contribution in [0.15, 0.2) is 58.1 Å². The molecule has 4 heterocycles. The van der Waals surface area contributed by atoms with Gasteiger partial charge in [-0.1, -0.05) is 105 Å². The zero-order valence-corrected chi connectivity index (χ0v) is 27.8. The van der Waals surface area contributed by atoms with Gasteiger partial charge in [-0.3, -0.25) is 9.59 Å². The minimum absolute atomic E-state index is 0.0555. The van der Waals surface area contributed by atoms with E-state index in [2.05, 4.69) is 87.1 Å². The predicted octanol–water partition coefficient (Wildman–Crippen LogP) is 10.1. The first-order valence-electron chi connectivity index (χ1n) is 17.1. The summed E-state index contributed by atoms with van der Waals surface area (Å²) in [7, 11) is 0. The van der Waals surface area contributed by atoms with Gasteiger partial charge in [-0.15, -0.1) is 0 Å². The summed E-state index contributed by atoms with van der Waals surface area (Å²) in [5.41, 5.74) is 6.07. The SMILES string of the molecule is CC(C)(C)c1ccc2c(c1)c(=O)c1cc3c4cc1n2CCCCCCCCCCCCn3c1ccc(C(C)(C)C)cc1c4=O. The molecule has 2 aliphatic heterocycles. The molecule has 6 bridgehead atoms. The molecule has 0 atom stereocenters. The molecular formula is C40H50N2O2. The van der Waals surface area contributed by atoms with Gasteiger partial charge >= 0.3 is 0 Å². The van der Waals surface area contributed by atoms with Crippen LogP contribution in [0, 0.1) is 0 Å². The summed E-state index contributed by atoms with van der Waals surface area (Å²) in [4.78, 5) is 28.7. The van der Waals surface area contributed by atoms with Crippen LogP contribution in [0.1, 0.15) is 117 Å². The lowest BCUT2D eigenvalue weighted by Gasteiger charge is -2.23. The average Bonchev–Trinajstić information content (AvgIpc) is 2.98. The summed E-state index contributed by atoms with van der Waals surface area (Å²) in [5, 5.41) is 3.00. The molecule has 232 valence electrons. The largest absolute Gasteiger partial charge is 0.340 e. The standard InChI is InChI=1S/C40H50N2O2/c1-39(2,3)27-17-19-33-29(23-27)37(43)31-25-36-32-26-35(31)41(33)21-15-13-11-9-7-8-10-12-14-16-22-42(36)34-20-18-28(40(4,5)6)24-30(34)38(32)44/h17-20,23-26H,7-16,21-22H2,1-6H3. The van der Waals surface area contributed by atoms with Crippen molar-refractivity contribution in [3.05, 3.63) is 80.1 Å². The van der Waals surface area contributed by atoms with Crippen LogP contribution < -0.4 is 10.9 Å². The summed E-state index contributed by atoms with van der Waals surface area (Å²) in [6.07, 6.45) is 12.2. The van der Waals surface area contributed by atoms with Crippen molar-refractivity contribution < 1.29 is 0 Å². The summed E-state index contributed by atoms with van der Waals surface area (Å²) in [6, 6.07) is 17.0. The van der Waals surface area contributed by atoms with Gasteiger partial charge in [-0.2, -0.15) is 0 Å². The lowest BCUT2D eigenvalue weighted by Crippen LogP contribution is -2.18. The average molecular weight is 591 g/mol. The van der Waals surface area contributed by atoms with Crippen LogP contribution >= 0.6 is 0 Å². The number of hydrogen-bond acceptors (Lipinski definition) is 2. The first-order valence-corrected chi connectivity index (χ1v) is 17.1. The monoisotopic (exact) mass is 590 g/mol. The third-order valence-electron chi connectivity index (χ3n) is 9.99. The van der Waals surface area contributed by atoms with E-state index in [0.29, 0.717) is 0 Å². The molecule has 0 saturated heterocycles. The van der Waals surface area contributed by atoms with Gasteiger partial charge in [-0.05, 0) is 71.2 Å². The molecule has 0 amide bonds. The van der Waals surface area contributed by atoms with Crippen molar-refractivity contribution in [1.29, 1.82) is 0 Å². The van der Waals surface area contributed by atoms with Crippen molar-refractivity contribution >= 4 is 43.6 Å².